The molecule has 0 amide bonds. The number of esters is 2. The molecule has 2 N–H and O–H groups in total. The summed E-state index contributed by atoms with van der Waals surface area (Å²) in [6.45, 7) is 7.24. The molecule has 8 nitrogen and oxygen atoms in total. The number of rotatable bonds is 14. The monoisotopic (exact) mass is 434 g/mol. The first-order valence-corrected chi connectivity index (χ1v) is 10.3. The van der Waals surface area contributed by atoms with E-state index in [0.717, 1.165) is 31.7 Å². The number of benzene rings is 1. The third-order valence-electron chi connectivity index (χ3n) is 4.63. The van der Waals surface area contributed by atoms with Crippen molar-refractivity contribution in [3.05, 3.63) is 47.0 Å². The largest absolute Gasteiger partial charge is 0.478 e. The molecule has 170 valence electrons. The van der Waals surface area contributed by atoms with E-state index >= 15 is 0 Å². The lowest BCUT2D eigenvalue weighted by Gasteiger charge is -2.18. The fraction of sp³-hybridized carbons (Fsp3) is 0.478. The van der Waals surface area contributed by atoms with Crippen molar-refractivity contribution in [2.75, 3.05) is 6.61 Å². The molecule has 1 unspecified atom stereocenters. The maximum Gasteiger partial charge on any atom is 0.339 e. The fourth-order valence-corrected chi connectivity index (χ4v) is 3.00. The third kappa shape index (κ3) is 8.62. The van der Waals surface area contributed by atoms with Gasteiger partial charge in [-0.05, 0) is 44.7 Å². The predicted molar refractivity (Wildman–Crippen MR) is 113 cm³/mol. The molecular formula is C23H30O8. The molecule has 0 saturated heterocycles. The van der Waals surface area contributed by atoms with Crippen molar-refractivity contribution in [3.63, 3.8) is 0 Å². The first kappa shape index (κ1) is 25.9. The van der Waals surface area contributed by atoms with Crippen molar-refractivity contribution in [2.45, 2.75) is 64.9 Å². The van der Waals surface area contributed by atoms with Crippen LogP contribution in [0.2, 0.25) is 0 Å². The highest BCUT2D eigenvalue weighted by atomic mass is 16.5. The molecule has 0 saturated carbocycles. The summed E-state index contributed by atoms with van der Waals surface area (Å²) >= 11 is 0. The maximum absolute atomic E-state index is 12.3. The lowest BCUT2D eigenvalue weighted by Crippen LogP contribution is -2.20. The summed E-state index contributed by atoms with van der Waals surface area (Å²) < 4.78 is 10.6. The highest BCUT2D eigenvalue weighted by Crippen LogP contribution is 2.18. The minimum Gasteiger partial charge on any atom is -0.478 e. The van der Waals surface area contributed by atoms with E-state index < -0.39 is 35.0 Å². The molecule has 0 radical (unpaired) electrons. The van der Waals surface area contributed by atoms with E-state index in [-0.39, 0.29) is 18.3 Å². The van der Waals surface area contributed by atoms with Crippen LogP contribution in [0.5, 0.6) is 0 Å². The summed E-state index contributed by atoms with van der Waals surface area (Å²) in [6.07, 6.45) is 5.36. The van der Waals surface area contributed by atoms with Gasteiger partial charge in [-0.1, -0.05) is 38.8 Å². The van der Waals surface area contributed by atoms with Gasteiger partial charge in [0.25, 0.3) is 0 Å². The maximum atomic E-state index is 12.3. The van der Waals surface area contributed by atoms with Gasteiger partial charge in [-0.3, -0.25) is 0 Å². The standard InChI is InChI=1S/C23H30O8/c1-4-5-6-7-10-16(31-22(28)15(2)3)11-9-14-30-23(29)18-13-8-12-17(20(24)25)19(18)21(26)27/h8,12-13,16H,2,4-7,9-11,14H2,1,3H3,(H,24,25)(H,26,27). The number of ether oxygens (including phenoxy) is 2. The summed E-state index contributed by atoms with van der Waals surface area (Å²) in [4.78, 5) is 46.9. The number of unbranched alkanes of at least 4 members (excludes halogenated alkanes) is 3. The van der Waals surface area contributed by atoms with Crippen LogP contribution in [-0.4, -0.2) is 46.8 Å². The average Bonchev–Trinajstić information content (AvgIpc) is 2.72. The van der Waals surface area contributed by atoms with Crippen LogP contribution in [-0.2, 0) is 14.3 Å². The van der Waals surface area contributed by atoms with E-state index in [0.29, 0.717) is 24.8 Å². The molecule has 1 rings (SSSR count). The predicted octanol–water partition coefficient (Wildman–Crippen LogP) is 4.48. The van der Waals surface area contributed by atoms with Crippen molar-refractivity contribution in [1.82, 2.24) is 0 Å². The highest BCUT2D eigenvalue weighted by Gasteiger charge is 2.24. The van der Waals surface area contributed by atoms with Gasteiger partial charge in [-0.15, -0.1) is 0 Å². The Morgan fingerprint density at radius 2 is 1.61 bits per heavy atom. The van der Waals surface area contributed by atoms with Gasteiger partial charge in [0.1, 0.15) is 6.10 Å². The number of carbonyl (C=O) groups is 4. The second-order valence-corrected chi connectivity index (χ2v) is 7.27. The number of carboxylic acids is 2. The molecule has 0 spiro atoms. The van der Waals surface area contributed by atoms with E-state index in [1.165, 1.54) is 12.1 Å². The molecule has 0 aromatic heterocycles. The van der Waals surface area contributed by atoms with Crippen molar-refractivity contribution >= 4 is 23.9 Å². The SMILES string of the molecule is C=C(C)C(=O)OC(CCCCCC)CCCOC(=O)c1cccc(C(=O)O)c1C(=O)O. The van der Waals surface area contributed by atoms with Crippen molar-refractivity contribution in [2.24, 2.45) is 0 Å². The quantitative estimate of drug-likeness (QED) is 0.249. The zero-order chi connectivity index (χ0) is 23.4. The minimum atomic E-state index is -1.52. The smallest absolute Gasteiger partial charge is 0.339 e. The number of carboxylic acid groups (broad SMARTS) is 2. The lowest BCUT2D eigenvalue weighted by molar-refractivity contribution is -0.145. The minimum absolute atomic E-state index is 0.0225. The molecule has 0 aliphatic carbocycles. The van der Waals surface area contributed by atoms with Crippen molar-refractivity contribution in [3.8, 4) is 0 Å². The zero-order valence-electron chi connectivity index (χ0n) is 18.0. The number of hydrogen-bond acceptors (Lipinski definition) is 6. The topological polar surface area (TPSA) is 127 Å². The Bertz CT molecular complexity index is 812. The van der Waals surface area contributed by atoms with Crippen molar-refractivity contribution < 1.29 is 38.9 Å². The Morgan fingerprint density at radius 3 is 2.19 bits per heavy atom. The summed E-state index contributed by atoms with van der Waals surface area (Å²) in [5.41, 5.74) is -1.10. The number of aromatic carboxylic acids is 2. The average molecular weight is 434 g/mol. The number of hydrogen-bond donors (Lipinski definition) is 2. The molecule has 1 aromatic rings. The van der Waals surface area contributed by atoms with Gasteiger partial charge < -0.3 is 19.7 Å². The Kier molecular flexibility index (Phi) is 11.0. The first-order chi connectivity index (χ1) is 14.7. The van der Waals surface area contributed by atoms with Crippen LogP contribution in [0.15, 0.2) is 30.4 Å². The van der Waals surface area contributed by atoms with E-state index in [4.69, 9.17) is 14.6 Å². The molecule has 1 aromatic carbocycles. The summed E-state index contributed by atoms with van der Waals surface area (Å²) in [6, 6.07) is 3.61. The molecule has 0 fully saturated rings. The summed E-state index contributed by atoms with van der Waals surface area (Å²) in [5, 5.41) is 18.5. The zero-order valence-corrected chi connectivity index (χ0v) is 18.0. The van der Waals surface area contributed by atoms with E-state index in [1.54, 1.807) is 6.92 Å². The van der Waals surface area contributed by atoms with Gasteiger partial charge in [0.05, 0.1) is 23.3 Å². The molecule has 0 heterocycles. The summed E-state index contributed by atoms with van der Waals surface area (Å²) in [7, 11) is 0. The third-order valence-corrected chi connectivity index (χ3v) is 4.63. The molecule has 8 heteroatoms. The second-order valence-electron chi connectivity index (χ2n) is 7.27. The Balaban J connectivity index is 2.69. The van der Waals surface area contributed by atoms with Crippen LogP contribution in [0.4, 0.5) is 0 Å². The molecule has 0 aliphatic rings. The van der Waals surface area contributed by atoms with E-state index in [2.05, 4.69) is 13.5 Å². The molecule has 1 atom stereocenters. The van der Waals surface area contributed by atoms with Crippen LogP contribution in [0.3, 0.4) is 0 Å². The van der Waals surface area contributed by atoms with Gasteiger partial charge in [0.2, 0.25) is 0 Å². The van der Waals surface area contributed by atoms with Gasteiger partial charge in [-0.25, -0.2) is 19.2 Å². The Morgan fingerprint density at radius 1 is 0.968 bits per heavy atom. The molecular weight excluding hydrogens is 404 g/mol. The van der Waals surface area contributed by atoms with Gasteiger partial charge in [-0.2, -0.15) is 0 Å². The van der Waals surface area contributed by atoms with Gasteiger partial charge in [0.15, 0.2) is 0 Å². The lowest BCUT2D eigenvalue weighted by atomic mass is 10.0. The van der Waals surface area contributed by atoms with Crippen LogP contribution in [0, 0.1) is 0 Å². The van der Waals surface area contributed by atoms with Crippen LogP contribution in [0.1, 0.15) is 89.9 Å². The normalized spacial score (nSPS) is 11.4. The molecule has 0 aliphatic heterocycles. The van der Waals surface area contributed by atoms with E-state index in [9.17, 15) is 24.3 Å². The highest BCUT2D eigenvalue weighted by molar-refractivity contribution is 6.09. The fourth-order valence-electron chi connectivity index (χ4n) is 3.00. The van der Waals surface area contributed by atoms with Crippen LogP contribution in [0.25, 0.3) is 0 Å². The van der Waals surface area contributed by atoms with Crippen molar-refractivity contribution in [1.29, 1.82) is 0 Å². The first-order valence-electron chi connectivity index (χ1n) is 10.3. The number of carbonyl (C=O) groups excluding carboxylic acids is 2. The molecule has 0 bridgehead atoms. The van der Waals surface area contributed by atoms with Crippen LogP contribution < -0.4 is 0 Å². The van der Waals surface area contributed by atoms with Gasteiger partial charge >= 0.3 is 23.9 Å². The summed E-state index contributed by atoms with van der Waals surface area (Å²) in [5.74, 6) is -4.35. The molecule has 31 heavy (non-hydrogen) atoms. The van der Waals surface area contributed by atoms with E-state index in [1.807, 2.05) is 0 Å². The Labute approximate surface area is 181 Å². The van der Waals surface area contributed by atoms with Gasteiger partial charge in [0, 0.05) is 5.57 Å². The Hall–Kier alpha value is -3.16. The second kappa shape index (κ2) is 13.2. The van der Waals surface area contributed by atoms with Crippen LogP contribution >= 0.6 is 0 Å².